The van der Waals surface area contributed by atoms with Crippen molar-refractivity contribution in [3.8, 4) is 0 Å². The molecule has 1 aliphatic carbocycles. The molecule has 2 aliphatic heterocycles. The van der Waals surface area contributed by atoms with E-state index in [1.807, 2.05) is 18.7 Å². The third-order valence-electron chi connectivity index (χ3n) is 7.06. The van der Waals surface area contributed by atoms with Gasteiger partial charge in [0.2, 0.25) is 0 Å². The first-order valence-corrected chi connectivity index (χ1v) is 12.7. The smallest absolute Gasteiger partial charge is 0.349 e. The Bertz CT molecular complexity index is 1110. The van der Waals surface area contributed by atoms with Crippen molar-refractivity contribution in [3.63, 3.8) is 0 Å². The Kier molecular flexibility index (Phi) is 6.40. The predicted molar refractivity (Wildman–Crippen MR) is 139 cm³/mol. The first kappa shape index (κ1) is 22.6. The SMILES string of the molecule is Cc1ccc2c(c1)N(c1ccc(CC3=NCCN3)cc1)C(=O)N(C(C)C)N=C2C1CCCCC1. The van der Waals surface area contributed by atoms with E-state index in [0.717, 1.165) is 66.4 Å². The summed E-state index contributed by atoms with van der Waals surface area (Å²) in [6, 6.07) is 14.6. The number of nitrogens with one attached hydrogen (secondary N) is 1. The normalized spacial score (nSPS) is 19.0. The van der Waals surface area contributed by atoms with Crippen molar-refractivity contribution in [2.45, 2.75) is 65.3 Å². The van der Waals surface area contributed by atoms with E-state index in [1.54, 1.807) is 5.01 Å². The summed E-state index contributed by atoms with van der Waals surface area (Å²) in [6.45, 7) is 7.93. The van der Waals surface area contributed by atoms with Gasteiger partial charge in [0.25, 0.3) is 0 Å². The predicted octanol–water partition coefficient (Wildman–Crippen LogP) is 5.81. The van der Waals surface area contributed by atoms with Crippen LogP contribution in [-0.2, 0) is 6.42 Å². The number of rotatable bonds is 5. The third-order valence-corrected chi connectivity index (χ3v) is 7.06. The molecule has 2 aromatic rings. The second kappa shape index (κ2) is 9.61. The molecule has 0 radical (unpaired) electrons. The van der Waals surface area contributed by atoms with Gasteiger partial charge in [-0.3, -0.25) is 9.89 Å². The lowest BCUT2D eigenvalue weighted by atomic mass is 9.82. The molecule has 34 heavy (non-hydrogen) atoms. The Hall–Kier alpha value is -3.15. The zero-order chi connectivity index (χ0) is 23.7. The van der Waals surface area contributed by atoms with Crippen molar-refractivity contribution in [3.05, 3.63) is 59.2 Å². The first-order chi connectivity index (χ1) is 16.5. The fraction of sp³-hybridized carbons (Fsp3) is 0.464. The van der Waals surface area contributed by atoms with Gasteiger partial charge < -0.3 is 5.32 Å². The Labute approximate surface area is 202 Å². The van der Waals surface area contributed by atoms with Gasteiger partial charge in [-0.25, -0.2) is 9.80 Å². The number of urea groups is 1. The first-order valence-electron chi connectivity index (χ1n) is 12.7. The minimum Gasteiger partial charge on any atom is -0.372 e. The summed E-state index contributed by atoms with van der Waals surface area (Å²) in [7, 11) is 0. The molecule has 2 aromatic carbocycles. The maximum Gasteiger partial charge on any atom is 0.349 e. The molecule has 5 rings (SSSR count). The summed E-state index contributed by atoms with van der Waals surface area (Å²) in [6.07, 6.45) is 6.81. The van der Waals surface area contributed by atoms with Crippen LogP contribution < -0.4 is 10.2 Å². The van der Waals surface area contributed by atoms with Crippen molar-refractivity contribution in [1.82, 2.24) is 10.3 Å². The van der Waals surface area contributed by atoms with Crippen LogP contribution in [0, 0.1) is 12.8 Å². The molecule has 0 unspecified atom stereocenters. The van der Waals surface area contributed by atoms with Crippen LogP contribution in [0.15, 0.2) is 52.6 Å². The highest BCUT2D eigenvalue weighted by Gasteiger charge is 2.35. The van der Waals surface area contributed by atoms with Gasteiger partial charge in [0.1, 0.15) is 5.84 Å². The molecule has 0 spiro atoms. The largest absolute Gasteiger partial charge is 0.372 e. The number of anilines is 2. The molecule has 1 N–H and O–H groups in total. The molecule has 6 nitrogen and oxygen atoms in total. The van der Waals surface area contributed by atoms with Gasteiger partial charge in [-0.15, -0.1) is 0 Å². The van der Waals surface area contributed by atoms with E-state index in [2.05, 4.69) is 59.7 Å². The zero-order valence-electron chi connectivity index (χ0n) is 20.6. The molecule has 2 amide bonds. The van der Waals surface area contributed by atoms with E-state index in [1.165, 1.54) is 24.8 Å². The van der Waals surface area contributed by atoms with Crippen molar-refractivity contribution in [2.24, 2.45) is 16.0 Å². The van der Waals surface area contributed by atoms with E-state index in [-0.39, 0.29) is 12.1 Å². The lowest BCUT2D eigenvalue weighted by molar-refractivity contribution is 0.195. The maximum absolute atomic E-state index is 14.0. The van der Waals surface area contributed by atoms with Crippen molar-refractivity contribution in [2.75, 3.05) is 18.0 Å². The lowest BCUT2D eigenvalue weighted by Crippen LogP contribution is -2.41. The number of aliphatic imine (C=N–C) groups is 1. The molecule has 0 atom stereocenters. The van der Waals surface area contributed by atoms with Crippen LogP contribution in [0.25, 0.3) is 0 Å². The number of fused-ring (bicyclic) bond motifs is 1. The van der Waals surface area contributed by atoms with Crippen LogP contribution in [0.5, 0.6) is 0 Å². The monoisotopic (exact) mass is 457 g/mol. The number of hydrazone groups is 1. The third kappa shape index (κ3) is 4.46. The summed E-state index contributed by atoms with van der Waals surface area (Å²) in [5.41, 5.74) is 6.28. The van der Waals surface area contributed by atoms with E-state index in [0.29, 0.717) is 5.92 Å². The number of aryl methyl sites for hydroxylation is 1. The van der Waals surface area contributed by atoms with Gasteiger partial charge in [-0.2, -0.15) is 5.10 Å². The molecule has 0 aromatic heterocycles. The maximum atomic E-state index is 14.0. The molecule has 0 bridgehead atoms. The molecule has 6 heteroatoms. The number of amidine groups is 1. The highest BCUT2D eigenvalue weighted by molar-refractivity contribution is 6.14. The second-order valence-electron chi connectivity index (χ2n) is 10.00. The van der Waals surface area contributed by atoms with Gasteiger partial charge in [0.15, 0.2) is 0 Å². The Morgan fingerprint density at radius 3 is 2.50 bits per heavy atom. The summed E-state index contributed by atoms with van der Waals surface area (Å²) in [4.78, 5) is 20.3. The molecule has 0 saturated heterocycles. The highest BCUT2D eigenvalue weighted by atomic mass is 16.2. The van der Waals surface area contributed by atoms with Crippen LogP contribution >= 0.6 is 0 Å². The molecule has 1 fully saturated rings. The van der Waals surface area contributed by atoms with E-state index in [9.17, 15) is 4.79 Å². The summed E-state index contributed by atoms with van der Waals surface area (Å²) >= 11 is 0. The number of hydrogen-bond acceptors (Lipinski definition) is 4. The average molecular weight is 458 g/mol. The van der Waals surface area contributed by atoms with Gasteiger partial charge in [-0.05, 0) is 62.9 Å². The van der Waals surface area contributed by atoms with Gasteiger partial charge >= 0.3 is 6.03 Å². The van der Waals surface area contributed by atoms with Crippen molar-refractivity contribution >= 4 is 29.0 Å². The molecular weight excluding hydrogens is 422 g/mol. The second-order valence-corrected chi connectivity index (χ2v) is 10.00. The number of hydrogen-bond donors (Lipinski definition) is 1. The molecule has 2 heterocycles. The minimum atomic E-state index is -0.0951. The molecular formula is C28H35N5O. The standard InChI is InChI=1S/C28H35N5O/c1-19(2)33-28(34)32(23-12-10-21(11-13-23)18-26-29-15-16-30-26)25-17-20(3)9-14-24(25)27(31-33)22-7-5-4-6-8-22/h9-14,17,19,22H,4-8,15-16,18H2,1-3H3,(H,29,30). The Morgan fingerprint density at radius 2 is 1.82 bits per heavy atom. The van der Waals surface area contributed by atoms with Crippen molar-refractivity contribution < 1.29 is 4.79 Å². The molecule has 178 valence electrons. The number of benzene rings is 2. The fourth-order valence-electron chi connectivity index (χ4n) is 5.25. The number of nitrogens with zero attached hydrogens (tertiary/aromatic N) is 4. The van der Waals surface area contributed by atoms with E-state index < -0.39 is 0 Å². The van der Waals surface area contributed by atoms with E-state index in [4.69, 9.17) is 5.10 Å². The summed E-state index contributed by atoms with van der Waals surface area (Å²) in [5.74, 6) is 1.43. The Morgan fingerprint density at radius 1 is 1.06 bits per heavy atom. The molecule has 3 aliphatic rings. The zero-order valence-corrected chi connectivity index (χ0v) is 20.6. The average Bonchev–Trinajstić information content (AvgIpc) is 3.31. The van der Waals surface area contributed by atoms with Gasteiger partial charge in [0, 0.05) is 24.4 Å². The van der Waals surface area contributed by atoms with Crippen LogP contribution in [-0.4, -0.2) is 41.7 Å². The number of amides is 2. The number of carbonyl (C=O) groups excluding carboxylic acids is 1. The summed E-state index contributed by atoms with van der Waals surface area (Å²) < 4.78 is 0. The topological polar surface area (TPSA) is 60.3 Å². The highest BCUT2D eigenvalue weighted by Crippen LogP contribution is 2.38. The van der Waals surface area contributed by atoms with Crippen LogP contribution in [0.2, 0.25) is 0 Å². The number of carbonyl (C=O) groups is 1. The van der Waals surface area contributed by atoms with E-state index >= 15 is 0 Å². The van der Waals surface area contributed by atoms with Crippen molar-refractivity contribution in [1.29, 1.82) is 0 Å². The lowest BCUT2D eigenvalue weighted by Gasteiger charge is -2.29. The fourth-order valence-corrected chi connectivity index (χ4v) is 5.25. The van der Waals surface area contributed by atoms with Crippen LogP contribution in [0.1, 0.15) is 62.6 Å². The molecule has 1 saturated carbocycles. The van der Waals surface area contributed by atoms with Crippen LogP contribution in [0.4, 0.5) is 16.2 Å². The van der Waals surface area contributed by atoms with Gasteiger partial charge in [0.05, 0.1) is 29.7 Å². The van der Waals surface area contributed by atoms with Crippen LogP contribution in [0.3, 0.4) is 0 Å². The summed E-state index contributed by atoms with van der Waals surface area (Å²) in [5, 5.41) is 10.1. The van der Waals surface area contributed by atoms with Gasteiger partial charge in [-0.1, -0.05) is 43.5 Å². The minimum absolute atomic E-state index is 0.0327. The Balaban J connectivity index is 1.57. The quantitative estimate of drug-likeness (QED) is 0.616.